The van der Waals surface area contributed by atoms with Gasteiger partial charge < -0.3 is 15.3 Å². The van der Waals surface area contributed by atoms with Crippen molar-refractivity contribution in [2.24, 2.45) is 4.99 Å². The van der Waals surface area contributed by atoms with E-state index < -0.39 is 23.6 Å². The second-order valence-electron chi connectivity index (χ2n) is 8.97. The molecule has 2 amide bonds. The number of amides is 2. The molecule has 0 saturated carbocycles. The molecular weight excluding hydrogens is 458 g/mol. The van der Waals surface area contributed by atoms with E-state index in [9.17, 15) is 14.7 Å². The first-order valence-electron chi connectivity index (χ1n) is 11.9. The second-order valence-corrected chi connectivity index (χ2v) is 9.92. The molecule has 0 aliphatic carbocycles. The summed E-state index contributed by atoms with van der Waals surface area (Å²) in [7, 11) is 1.69. The molecule has 1 aliphatic rings. The van der Waals surface area contributed by atoms with Gasteiger partial charge in [0, 0.05) is 23.1 Å². The summed E-state index contributed by atoms with van der Waals surface area (Å²) in [4.78, 5) is 34.4. The minimum atomic E-state index is -1.20. The zero-order chi connectivity index (χ0) is 25.0. The molecule has 3 aromatic rings. The van der Waals surface area contributed by atoms with E-state index in [-0.39, 0.29) is 5.91 Å². The highest BCUT2D eigenvalue weighted by atomic mass is 32.1. The van der Waals surface area contributed by atoms with Gasteiger partial charge in [-0.25, -0.2) is 4.99 Å². The van der Waals surface area contributed by atoms with Gasteiger partial charge in [-0.2, -0.15) is 0 Å². The molecule has 0 bridgehead atoms. The van der Waals surface area contributed by atoms with Gasteiger partial charge in [0.05, 0.1) is 17.5 Å². The van der Waals surface area contributed by atoms with Crippen molar-refractivity contribution in [3.8, 4) is 0 Å². The number of nitrogens with one attached hydrogen (secondary N) is 1. The zero-order valence-electron chi connectivity index (χ0n) is 20.3. The summed E-state index contributed by atoms with van der Waals surface area (Å²) in [6, 6.07) is 21.0. The van der Waals surface area contributed by atoms with Crippen LogP contribution >= 0.6 is 11.3 Å². The van der Waals surface area contributed by atoms with Crippen molar-refractivity contribution in [2.75, 3.05) is 11.9 Å². The lowest BCUT2D eigenvalue weighted by Crippen LogP contribution is -2.55. The highest BCUT2D eigenvalue weighted by molar-refractivity contribution is 7.10. The van der Waals surface area contributed by atoms with Crippen molar-refractivity contribution in [3.63, 3.8) is 0 Å². The van der Waals surface area contributed by atoms with Crippen LogP contribution in [0, 0.1) is 0 Å². The molecule has 0 unspecified atom stereocenters. The highest BCUT2D eigenvalue weighted by Crippen LogP contribution is 2.35. The number of carbonyl (C=O) groups excluding carboxylic acids is 2. The molecule has 0 saturated heterocycles. The summed E-state index contributed by atoms with van der Waals surface area (Å²) >= 11 is 1.42. The Morgan fingerprint density at radius 2 is 1.86 bits per heavy atom. The summed E-state index contributed by atoms with van der Waals surface area (Å²) < 4.78 is 0. The molecular formula is C28H31N3O3S. The van der Waals surface area contributed by atoms with E-state index >= 15 is 0 Å². The van der Waals surface area contributed by atoms with Gasteiger partial charge in [-0.3, -0.25) is 9.59 Å². The average Bonchev–Trinajstić information content (AvgIpc) is 3.41. The molecule has 0 fully saturated rings. The monoisotopic (exact) mass is 489 g/mol. The maximum absolute atomic E-state index is 13.8. The average molecular weight is 490 g/mol. The molecule has 3 atom stereocenters. The van der Waals surface area contributed by atoms with E-state index in [1.807, 2.05) is 79.0 Å². The fourth-order valence-electron chi connectivity index (χ4n) is 4.40. The lowest BCUT2D eigenvalue weighted by atomic mass is 9.79. The third-order valence-corrected chi connectivity index (χ3v) is 7.77. The van der Waals surface area contributed by atoms with Crippen LogP contribution in [0.25, 0.3) is 0 Å². The van der Waals surface area contributed by atoms with Gasteiger partial charge in [0.2, 0.25) is 12.1 Å². The largest absolute Gasteiger partial charge is 0.392 e. The van der Waals surface area contributed by atoms with E-state index in [1.54, 1.807) is 14.0 Å². The SMILES string of the molecule is CCCC[C@H](O)[C@](C)(C(=O)N[C@H]1N=C(c2ccccc2)c2ccccc2N(C)C1=O)c1cccs1. The Balaban J connectivity index is 1.75. The Hall–Kier alpha value is -3.29. The van der Waals surface area contributed by atoms with Gasteiger partial charge in [0.15, 0.2) is 0 Å². The molecule has 7 heteroatoms. The summed E-state index contributed by atoms with van der Waals surface area (Å²) in [6.07, 6.45) is 0.170. The van der Waals surface area contributed by atoms with Crippen molar-refractivity contribution in [2.45, 2.75) is 50.8 Å². The molecule has 1 aromatic heterocycles. The van der Waals surface area contributed by atoms with E-state index in [4.69, 9.17) is 4.99 Å². The Bertz CT molecular complexity index is 1210. The number of aliphatic hydroxyl groups is 1. The van der Waals surface area contributed by atoms with Crippen LogP contribution in [0.2, 0.25) is 0 Å². The third-order valence-electron chi connectivity index (χ3n) is 6.66. The predicted molar refractivity (Wildman–Crippen MR) is 141 cm³/mol. The lowest BCUT2D eigenvalue weighted by Gasteiger charge is -2.33. The number of aliphatic imine (C=N–C) groups is 1. The van der Waals surface area contributed by atoms with Crippen LogP contribution in [0.1, 0.15) is 49.1 Å². The van der Waals surface area contributed by atoms with E-state index in [1.165, 1.54) is 16.2 Å². The number of rotatable bonds is 8. The summed E-state index contributed by atoms with van der Waals surface area (Å²) in [5, 5.41) is 15.9. The Labute approximate surface area is 210 Å². The fourth-order valence-corrected chi connectivity index (χ4v) is 5.34. The van der Waals surface area contributed by atoms with E-state index in [0.29, 0.717) is 12.1 Å². The first-order chi connectivity index (χ1) is 16.9. The molecule has 35 heavy (non-hydrogen) atoms. The zero-order valence-corrected chi connectivity index (χ0v) is 21.1. The maximum Gasteiger partial charge on any atom is 0.272 e. The van der Waals surface area contributed by atoms with Crippen LogP contribution in [0.5, 0.6) is 0 Å². The first kappa shape index (κ1) is 24.8. The Morgan fingerprint density at radius 1 is 1.14 bits per heavy atom. The van der Waals surface area contributed by atoms with Crippen molar-refractivity contribution in [1.29, 1.82) is 0 Å². The van der Waals surface area contributed by atoms with E-state index in [0.717, 1.165) is 34.5 Å². The molecule has 2 N–H and O–H groups in total. The van der Waals surface area contributed by atoms with E-state index in [2.05, 4.69) is 5.32 Å². The summed E-state index contributed by atoms with van der Waals surface area (Å²) in [6.45, 7) is 3.79. The molecule has 0 spiro atoms. The van der Waals surface area contributed by atoms with Crippen molar-refractivity contribution in [3.05, 3.63) is 88.1 Å². The number of thiophene rings is 1. The number of carbonyl (C=O) groups is 2. The quantitative estimate of drug-likeness (QED) is 0.488. The van der Waals surface area contributed by atoms with Crippen LogP contribution in [0.4, 0.5) is 5.69 Å². The molecule has 2 aromatic carbocycles. The third kappa shape index (κ3) is 4.79. The minimum absolute atomic E-state index is 0.340. The number of benzodiazepines with no additional fused rings is 1. The van der Waals surface area contributed by atoms with Crippen LogP contribution in [0.15, 0.2) is 77.1 Å². The van der Waals surface area contributed by atoms with Crippen molar-refractivity contribution in [1.82, 2.24) is 5.32 Å². The number of benzene rings is 2. The Morgan fingerprint density at radius 3 is 2.54 bits per heavy atom. The normalized spacial score (nSPS) is 18.2. The van der Waals surface area contributed by atoms with Crippen LogP contribution in [0.3, 0.4) is 0 Å². The van der Waals surface area contributed by atoms with Crippen LogP contribution in [-0.2, 0) is 15.0 Å². The number of anilines is 1. The van der Waals surface area contributed by atoms with Crippen molar-refractivity contribution < 1.29 is 14.7 Å². The maximum atomic E-state index is 13.8. The minimum Gasteiger partial charge on any atom is -0.392 e. The number of aliphatic hydroxyl groups excluding tert-OH is 1. The van der Waals surface area contributed by atoms with Gasteiger partial charge in [-0.1, -0.05) is 74.4 Å². The van der Waals surface area contributed by atoms with Gasteiger partial charge >= 0.3 is 0 Å². The van der Waals surface area contributed by atoms with Gasteiger partial charge in [-0.15, -0.1) is 11.3 Å². The number of para-hydroxylation sites is 1. The number of hydrogen-bond acceptors (Lipinski definition) is 5. The van der Waals surface area contributed by atoms with Gasteiger partial charge in [0.25, 0.3) is 5.91 Å². The van der Waals surface area contributed by atoms with Crippen LogP contribution < -0.4 is 10.2 Å². The molecule has 0 radical (unpaired) electrons. The summed E-state index contributed by atoms with van der Waals surface area (Å²) in [5.41, 5.74) is 1.82. The molecule has 1 aliphatic heterocycles. The van der Waals surface area contributed by atoms with Crippen LogP contribution in [-0.4, -0.2) is 41.9 Å². The molecule has 182 valence electrons. The standard InChI is InChI=1S/C28H31N3O3S/c1-4-5-16-22(32)28(2,23-17-11-18-35-23)27(34)30-25-26(33)31(3)21-15-10-9-14-20(21)24(29-25)19-12-7-6-8-13-19/h6-15,17-18,22,25,32H,4-5,16H2,1-3H3,(H,30,34)/t22-,25+,28-/m0/s1. The molecule has 2 heterocycles. The molecule has 6 nitrogen and oxygen atoms in total. The number of nitrogens with zero attached hydrogens (tertiary/aromatic N) is 2. The Kier molecular flexibility index (Phi) is 7.48. The fraction of sp³-hybridized carbons (Fsp3) is 0.321. The number of likely N-dealkylation sites (N-methyl/N-ethyl adjacent to an activating group) is 1. The van der Waals surface area contributed by atoms with Gasteiger partial charge in [0.1, 0.15) is 5.41 Å². The van der Waals surface area contributed by atoms with Gasteiger partial charge in [-0.05, 0) is 30.9 Å². The van der Waals surface area contributed by atoms with Crippen molar-refractivity contribution >= 4 is 34.6 Å². The first-order valence-corrected chi connectivity index (χ1v) is 12.8. The second kappa shape index (κ2) is 10.5. The predicted octanol–water partition coefficient (Wildman–Crippen LogP) is 4.51. The highest BCUT2D eigenvalue weighted by Gasteiger charge is 2.44. The molecule has 4 rings (SSSR count). The summed E-state index contributed by atoms with van der Waals surface area (Å²) in [5.74, 6) is -0.759. The number of hydrogen-bond donors (Lipinski definition) is 2. The lowest BCUT2D eigenvalue weighted by molar-refractivity contribution is -0.134. The smallest absolute Gasteiger partial charge is 0.272 e. The number of fused-ring (bicyclic) bond motifs is 1. The number of unbranched alkanes of at least 4 members (excludes halogenated alkanes) is 1. The topological polar surface area (TPSA) is 82.0 Å².